The van der Waals surface area contributed by atoms with Crippen LogP contribution in [0.25, 0.3) is 11.1 Å². The quantitative estimate of drug-likeness (QED) is 0.0633. The fraction of sp³-hybridized carbons (Fsp3) is 0.410. The lowest BCUT2D eigenvalue weighted by molar-refractivity contribution is -0.0438. The first-order valence-electron chi connectivity index (χ1n) is 25.7. The highest BCUT2D eigenvalue weighted by atomic mass is 16.7. The molecule has 0 unspecified atom stereocenters. The first-order valence-corrected chi connectivity index (χ1v) is 25.7. The number of rotatable bonds is 22. The molecular formula is C61H72N2O4. The van der Waals surface area contributed by atoms with Crippen molar-refractivity contribution in [2.45, 2.75) is 136 Å². The van der Waals surface area contributed by atoms with Crippen LogP contribution in [0.5, 0.6) is 0 Å². The van der Waals surface area contributed by atoms with Crippen LogP contribution >= 0.6 is 0 Å². The number of nitrogens with zero attached hydrogens (tertiary/aromatic N) is 2. The zero-order valence-electron chi connectivity index (χ0n) is 40.6. The van der Waals surface area contributed by atoms with Gasteiger partial charge in [-0.15, -0.1) is 0 Å². The summed E-state index contributed by atoms with van der Waals surface area (Å²) in [4.78, 5) is 4.90. The number of hydrogen-bond acceptors (Lipinski definition) is 6. The van der Waals surface area contributed by atoms with Crippen molar-refractivity contribution in [3.8, 4) is 11.1 Å². The predicted molar refractivity (Wildman–Crippen MR) is 277 cm³/mol. The van der Waals surface area contributed by atoms with E-state index in [4.69, 9.17) is 18.9 Å². The Morgan fingerprint density at radius 1 is 0.418 bits per heavy atom. The molecule has 3 aliphatic rings. The molecule has 6 heteroatoms. The molecule has 6 aromatic carbocycles. The third-order valence-corrected chi connectivity index (χ3v) is 14.4. The first kappa shape index (κ1) is 46.9. The minimum absolute atomic E-state index is 0.183. The molecule has 2 fully saturated rings. The topological polar surface area (TPSA) is 43.4 Å². The summed E-state index contributed by atoms with van der Waals surface area (Å²) in [6, 6.07) is 49.9. The second-order valence-electron chi connectivity index (χ2n) is 19.2. The van der Waals surface area contributed by atoms with Gasteiger partial charge in [0.25, 0.3) is 0 Å². The zero-order valence-corrected chi connectivity index (χ0v) is 40.6. The number of benzene rings is 6. The Morgan fingerprint density at radius 2 is 0.806 bits per heavy atom. The molecule has 1 aliphatic carbocycles. The molecule has 2 aliphatic heterocycles. The van der Waals surface area contributed by atoms with Crippen LogP contribution in [0, 0.1) is 13.8 Å². The molecule has 67 heavy (non-hydrogen) atoms. The number of unbranched alkanes of at least 4 members (excludes halogenated alkanes) is 10. The molecule has 350 valence electrons. The van der Waals surface area contributed by atoms with Gasteiger partial charge >= 0.3 is 0 Å². The highest BCUT2D eigenvalue weighted by Gasteiger charge is 2.43. The van der Waals surface area contributed by atoms with E-state index in [1.54, 1.807) is 0 Å². The van der Waals surface area contributed by atoms with Gasteiger partial charge in [0, 0.05) is 39.3 Å². The first-order chi connectivity index (χ1) is 33.0. The van der Waals surface area contributed by atoms with Crippen LogP contribution in [0.3, 0.4) is 0 Å². The van der Waals surface area contributed by atoms with E-state index in [0.29, 0.717) is 26.4 Å². The van der Waals surface area contributed by atoms with Crippen molar-refractivity contribution >= 4 is 34.1 Å². The Hall–Kier alpha value is -5.24. The van der Waals surface area contributed by atoms with Crippen molar-refractivity contribution < 1.29 is 18.9 Å². The Morgan fingerprint density at radius 3 is 1.22 bits per heavy atom. The molecule has 0 atom stereocenters. The van der Waals surface area contributed by atoms with Gasteiger partial charge in [-0.1, -0.05) is 164 Å². The standard InChI is InChI=1S/C61H72N2O4/c1-5-7-9-11-13-19-35-61(36-20-14-12-10-8-6-2)55-43-49(62(47-25-21-23-45(3)41-47)57-29-17-15-27-53(57)59-64-37-38-65-59)31-33-51(55)52-34-32-50(44-56(52)61)63(48-26-22-24-46(4)42-48)58-30-18-16-28-54(58)60-66-39-40-67-60/h15-18,21-34,41-44,59-60H,5-14,19-20,35-40H2,1-4H3. The third kappa shape index (κ3) is 10.3. The van der Waals surface area contributed by atoms with Crippen LogP contribution in [0.4, 0.5) is 34.1 Å². The maximum Gasteiger partial charge on any atom is 0.186 e. The fourth-order valence-electron chi connectivity index (χ4n) is 11.1. The molecule has 0 amide bonds. The van der Waals surface area contributed by atoms with Gasteiger partial charge < -0.3 is 28.7 Å². The Bertz CT molecular complexity index is 2380. The van der Waals surface area contributed by atoms with Crippen molar-refractivity contribution in [1.82, 2.24) is 0 Å². The van der Waals surface area contributed by atoms with E-state index in [0.717, 1.165) is 58.1 Å². The monoisotopic (exact) mass is 897 g/mol. The SMILES string of the molecule is CCCCCCCCC1(CCCCCCCC)c2cc(N(c3cccc(C)c3)c3ccccc3C3OCCO3)ccc2-c2ccc(N(c3cccc(C)c3)c3ccccc3C3OCCO3)cc21. The summed E-state index contributed by atoms with van der Waals surface area (Å²) in [7, 11) is 0. The maximum atomic E-state index is 6.20. The molecular weight excluding hydrogens is 825 g/mol. The lowest BCUT2D eigenvalue weighted by Gasteiger charge is -2.35. The molecule has 6 nitrogen and oxygen atoms in total. The summed E-state index contributed by atoms with van der Waals surface area (Å²) in [5.41, 5.74) is 16.7. The molecule has 6 aromatic rings. The average molecular weight is 897 g/mol. The van der Waals surface area contributed by atoms with Crippen molar-refractivity contribution in [2.75, 3.05) is 36.2 Å². The molecule has 2 heterocycles. The summed E-state index contributed by atoms with van der Waals surface area (Å²) in [6.07, 6.45) is 16.6. The average Bonchev–Trinajstić information content (AvgIpc) is 4.14. The minimum Gasteiger partial charge on any atom is -0.346 e. The Balaban J connectivity index is 1.22. The fourth-order valence-corrected chi connectivity index (χ4v) is 11.1. The largest absolute Gasteiger partial charge is 0.346 e. The lowest BCUT2D eigenvalue weighted by atomic mass is 9.70. The van der Waals surface area contributed by atoms with Crippen molar-refractivity contribution in [3.63, 3.8) is 0 Å². The summed E-state index contributed by atoms with van der Waals surface area (Å²) >= 11 is 0. The van der Waals surface area contributed by atoms with Gasteiger partial charge in [0.2, 0.25) is 0 Å². The Kier molecular flexibility index (Phi) is 15.6. The van der Waals surface area contributed by atoms with Crippen LogP contribution in [0.1, 0.15) is 150 Å². The number of fused-ring (bicyclic) bond motifs is 3. The predicted octanol–water partition coefficient (Wildman–Crippen LogP) is 17.1. The summed E-state index contributed by atoms with van der Waals surface area (Å²) in [5.74, 6) is 0. The second-order valence-corrected chi connectivity index (χ2v) is 19.2. The van der Waals surface area contributed by atoms with Gasteiger partial charge in [0.05, 0.1) is 37.8 Å². The van der Waals surface area contributed by atoms with Gasteiger partial charge in [-0.2, -0.15) is 0 Å². The van der Waals surface area contributed by atoms with Crippen LogP contribution in [-0.2, 0) is 24.4 Å². The smallest absolute Gasteiger partial charge is 0.186 e. The van der Waals surface area contributed by atoms with Crippen molar-refractivity contribution in [2.24, 2.45) is 0 Å². The molecule has 0 spiro atoms. The van der Waals surface area contributed by atoms with Crippen molar-refractivity contribution in [3.05, 3.63) is 167 Å². The number of hydrogen-bond donors (Lipinski definition) is 0. The van der Waals surface area contributed by atoms with Gasteiger partial charge in [0.1, 0.15) is 0 Å². The van der Waals surface area contributed by atoms with Gasteiger partial charge in [-0.05, 0) is 121 Å². The van der Waals surface area contributed by atoms with E-state index in [1.807, 2.05) is 0 Å². The number of para-hydroxylation sites is 2. The van der Waals surface area contributed by atoms with E-state index in [9.17, 15) is 0 Å². The molecule has 2 saturated heterocycles. The highest BCUT2D eigenvalue weighted by molar-refractivity contribution is 5.89. The molecule has 0 radical (unpaired) electrons. The maximum absolute atomic E-state index is 6.20. The molecule has 0 saturated carbocycles. The van der Waals surface area contributed by atoms with Gasteiger partial charge in [-0.3, -0.25) is 0 Å². The summed E-state index contributed by atoms with van der Waals surface area (Å²) in [6.45, 7) is 11.4. The van der Waals surface area contributed by atoms with Gasteiger partial charge in [-0.25, -0.2) is 0 Å². The molecule has 0 N–H and O–H groups in total. The molecule has 0 aromatic heterocycles. The number of anilines is 6. The van der Waals surface area contributed by atoms with E-state index >= 15 is 0 Å². The molecule has 9 rings (SSSR count). The van der Waals surface area contributed by atoms with Crippen molar-refractivity contribution in [1.29, 1.82) is 0 Å². The summed E-state index contributed by atoms with van der Waals surface area (Å²) < 4.78 is 24.8. The van der Waals surface area contributed by atoms with Crippen LogP contribution in [0.2, 0.25) is 0 Å². The zero-order chi connectivity index (χ0) is 46.0. The highest BCUT2D eigenvalue weighted by Crippen LogP contribution is 2.57. The van der Waals surface area contributed by atoms with Crippen LogP contribution in [0.15, 0.2) is 133 Å². The summed E-state index contributed by atoms with van der Waals surface area (Å²) in [5, 5.41) is 0. The van der Waals surface area contributed by atoms with E-state index in [1.165, 1.54) is 110 Å². The molecule has 0 bridgehead atoms. The lowest BCUT2D eigenvalue weighted by Crippen LogP contribution is -2.26. The Labute approximate surface area is 401 Å². The number of ether oxygens (including phenoxy) is 4. The van der Waals surface area contributed by atoms with E-state index in [2.05, 4.69) is 171 Å². The van der Waals surface area contributed by atoms with E-state index < -0.39 is 12.6 Å². The third-order valence-electron chi connectivity index (χ3n) is 14.4. The minimum atomic E-state index is -0.409. The van der Waals surface area contributed by atoms with Crippen LogP contribution in [-0.4, -0.2) is 26.4 Å². The van der Waals surface area contributed by atoms with Gasteiger partial charge in [0.15, 0.2) is 12.6 Å². The van der Waals surface area contributed by atoms with E-state index in [-0.39, 0.29) is 5.41 Å². The van der Waals surface area contributed by atoms with Crippen LogP contribution < -0.4 is 9.80 Å². The second kappa shape index (κ2) is 22.2. The number of aryl methyl sites for hydroxylation is 2. The normalized spacial score (nSPS) is 15.5.